The molecule has 4 nitrogen and oxygen atoms in total. The second kappa shape index (κ2) is 6.79. The molecule has 0 aliphatic rings. The van der Waals surface area contributed by atoms with E-state index in [2.05, 4.69) is 31.4 Å². The number of aromatic amines is 1. The van der Waals surface area contributed by atoms with Gasteiger partial charge >= 0.3 is 0 Å². The number of hydrogen-bond donors (Lipinski definition) is 2. The number of nitrogens with one attached hydrogen (secondary N) is 2. The first kappa shape index (κ1) is 15.5. The number of amides is 1. The van der Waals surface area contributed by atoms with Crippen LogP contribution < -0.4 is 5.32 Å². The molecule has 3 rings (SSSR count). The van der Waals surface area contributed by atoms with Crippen molar-refractivity contribution in [1.29, 1.82) is 0 Å². The number of H-pyrrole nitrogens is 1. The van der Waals surface area contributed by atoms with Crippen molar-refractivity contribution >= 4 is 21.8 Å². The Kier molecular flexibility index (Phi) is 4.57. The van der Waals surface area contributed by atoms with E-state index in [9.17, 15) is 4.79 Å². The Labute approximate surface area is 143 Å². The third-order valence-corrected chi connectivity index (χ3v) is 4.06. The highest BCUT2D eigenvalue weighted by Gasteiger charge is 2.10. The third kappa shape index (κ3) is 3.87. The minimum Gasteiger partial charge on any atom is -0.347 e. The van der Waals surface area contributed by atoms with Gasteiger partial charge in [-0.1, -0.05) is 57.9 Å². The van der Waals surface area contributed by atoms with Gasteiger partial charge in [-0.15, -0.1) is 0 Å². The highest BCUT2D eigenvalue weighted by atomic mass is 79.9. The lowest BCUT2D eigenvalue weighted by Gasteiger charge is -2.04. The summed E-state index contributed by atoms with van der Waals surface area (Å²) in [4.78, 5) is 12.2. The topological polar surface area (TPSA) is 57.8 Å². The molecule has 0 atom stereocenters. The molecule has 0 spiro atoms. The van der Waals surface area contributed by atoms with E-state index >= 15 is 0 Å². The Hall–Kier alpha value is -2.40. The van der Waals surface area contributed by atoms with Crippen LogP contribution in [0.25, 0.3) is 11.3 Å². The van der Waals surface area contributed by atoms with E-state index in [-0.39, 0.29) is 5.91 Å². The van der Waals surface area contributed by atoms with Gasteiger partial charge in [-0.2, -0.15) is 5.10 Å². The summed E-state index contributed by atoms with van der Waals surface area (Å²) in [6.45, 7) is 2.53. The lowest BCUT2D eigenvalue weighted by Crippen LogP contribution is -2.23. The maximum absolute atomic E-state index is 12.2. The number of halogens is 1. The van der Waals surface area contributed by atoms with Crippen molar-refractivity contribution in [3.8, 4) is 11.3 Å². The Morgan fingerprint density at radius 3 is 2.52 bits per heavy atom. The number of benzene rings is 2. The Morgan fingerprint density at radius 1 is 1.13 bits per heavy atom. The lowest BCUT2D eigenvalue weighted by molar-refractivity contribution is 0.0946. The minimum absolute atomic E-state index is 0.165. The quantitative estimate of drug-likeness (QED) is 0.727. The number of nitrogens with zero attached hydrogens (tertiary/aromatic N) is 1. The van der Waals surface area contributed by atoms with Gasteiger partial charge < -0.3 is 5.32 Å². The van der Waals surface area contributed by atoms with E-state index in [4.69, 9.17) is 0 Å². The van der Waals surface area contributed by atoms with Crippen LogP contribution in [0.1, 0.15) is 21.6 Å². The van der Waals surface area contributed by atoms with E-state index in [1.54, 1.807) is 6.07 Å². The van der Waals surface area contributed by atoms with Crippen LogP contribution in [0.4, 0.5) is 0 Å². The number of aromatic nitrogens is 2. The van der Waals surface area contributed by atoms with Gasteiger partial charge in [0.2, 0.25) is 0 Å². The molecule has 5 heteroatoms. The fraction of sp³-hybridized carbons (Fsp3) is 0.111. The predicted molar refractivity (Wildman–Crippen MR) is 94.1 cm³/mol. The van der Waals surface area contributed by atoms with Crippen molar-refractivity contribution in [2.24, 2.45) is 0 Å². The number of rotatable bonds is 4. The van der Waals surface area contributed by atoms with Crippen molar-refractivity contribution in [2.75, 3.05) is 0 Å². The first-order valence-electron chi connectivity index (χ1n) is 7.27. The molecule has 116 valence electrons. The number of hydrogen-bond acceptors (Lipinski definition) is 2. The zero-order chi connectivity index (χ0) is 16.2. The molecule has 23 heavy (non-hydrogen) atoms. The highest BCUT2D eigenvalue weighted by Crippen LogP contribution is 2.20. The van der Waals surface area contributed by atoms with Crippen molar-refractivity contribution in [2.45, 2.75) is 13.5 Å². The lowest BCUT2D eigenvalue weighted by atomic mass is 10.1. The van der Waals surface area contributed by atoms with Gasteiger partial charge in [0.25, 0.3) is 5.91 Å². The van der Waals surface area contributed by atoms with Crippen LogP contribution in [0, 0.1) is 6.92 Å². The van der Waals surface area contributed by atoms with E-state index in [1.165, 1.54) is 5.56 Å². The van der Waals surface area contributed by atoms with Gasteiger partial charge in [-0.05, 0) is 30.7 Å². The van der Waals surface area contributed by atoms with Gasteiger partial charge in [-0.3, -0.25) is 9.89 Å². The molecule has 0 bridgehead atoms. The normalized spacial score (nSPS) is 10.5. The molecule has 1 aromatic heterocycles. The summed E-state index contributed by atoms with van der Waals surface area (Å²) in [6, 6.07) is 17.6. The van der Waals surface area contributed by atoms with Crippen LogP contribution in [-0.4, -0.2) is 16.1 Å². The maximum Gasteiger partial charge on any atom is 0.269 e. The zero-order valence-electron chi connectivity index (χ0n) is 12.6. The highest BCUT2D eigenvalue weighted by molar-refractivity contribution is 9.10. The molecule has 2 aromatic carbocycles. The van der Waals surface area contributed by atoms with Crippen molar-refractivity contribution in [1.82, 2.24) is 15.5 Å². The summed E-state index contributed by atoms with van der Waals surface area (Å²) < 4.78 is 1.01. The minimum atomic E-state index is -0.165. The fourth-order valence-electron chi connectivity index (χ4n) is 2.19. The van der Waals surface area contributed by atoms with Crippen LogP contribution in [0.5, 0.6) is 0 Å². The summed E-state index contributed by atoms with van der Waals surface area (Å²) in [5.41, 5.74) is 4.43. The maximum atomic E-state index is 12.2. The van der Waals surface area contributed by atoms with Gasteiger partial charge in [0, 0.05) is 16.6 Å². The summed E-state index contributed by atoms with van der Waals surface area (Å²) in [5.74, 6) is -0.165. The van der Waals surface area contributed by atoms with Gasteiger partial charge in [0.1, 0.15) is 5.69 Å². The largest absolute Gasteiger partial charge is 0.347 e. The standard InChI is InChI=1S/C18H16BrN3O/c1-12-2-4-13(5-3-12)11-20-18(23)17-10-16(21-22-17)14-6-8-15(19)9-7-14/h2-10H,11H2,1H3,(H,20,23)(H,21,22). The fourth-order valence-corrected chi connectivity index (χ4v) is 2.45. The molecular weight excluding hydrogens is 354 g/mol. The average Bonchev–Trinajstić information content (AvgIpc) is 3.05. The Morgan fingerprint density at radius 2 is 1.83 bits per heavy atom. The molecule has 1 amide bonds. The smallest absolute Gasteiger partial charge is 0.269 e. The molecular formula is C18H16BrN3O. The second-order valence-corrected chi connectivity index (χ2v) is 6.26. The monoisotopic (exact) mass is 369 g/mol. The van der Waals surface area contributed by atoms with E-state index in [0.29, 0.717) is 12.2 Å². The van der Waals surface area contributed by atoms with Gasteiger partial charge in [0.05, 0.1) is 5.69 Å². The average molecular weight is 370 g/mol. The summed E-state index contributed by atoms with van der Waals surface area (Å²) >= 11 is 3.40. The first-order valence-corrected chi connectivity index (χ1v) is 8.06. The SMILES string of the molecule is Cc1ccc(CNC(=O)c2cc(-c3ccc(Br)cc3)n[nH]2)cc1. The van der Waals surface area contributed by atoms with E-state index in [0.717, 1.165) is 21.3 Å². The first-order chi connectivity index (χ1) is 11.1. The van der Waals surface area contributed by atoms with Crippen molar-refractivity contribution < 1.29 is 4.79 Å². The summed E-state index contributed by atoms with van der Waals surface area (Å²) in [6.07, 6.45) is 0. The Bertz CT molecular complexity index is 807. The summed E-state index contributed by atoms with van der Waals surface area (Å²) in [5, 5.41) is 9.88. The Balaban J connectivity index is 1.66. The third-order valence-electron chi connectivity index (χ3n) is 3.54. The van der Waals surface area contributed by atoms with Crippen LogP contribution in [0.2, 0.25) is 0 Å². The van der Waals surface area contributed by atoms with E-state index < -0.39 is 0 Å². The van der Waals surface area contributed by atoms with Crippen LogP contribution in [0.3, 0.4) is 0 Å². The molecule has 0 unspecified atom stereocenters. The van der Waals surface area contributed by atoms with Crippen molar-refractivity contribution in [3.05, 3.63) is 75.9 Å². The van der Waals surface area contributed by atoms with Crippen LogP contribution >= 0.6 is 15.9 Å². The number of carbonyl (C=O) groups is 1. The molecule has 3 aromatic rings. The van der Waals surface area contributed by atoms with Crippen molar-refractivity contribution in [3.63, 3.8) is 0 Å². The molecule has 1 heterocycles. The molecule has 0 saturated carbocycles. The molecule has 0 aliphatic heterocycles. The second-order valence-electron chi connectivity index (χ2n) is 5.34. The van der Waals surface area contributed by atoms with E-state index in [1.807, 2.05) is 55.5 Å². The number of aryl methyl sites for hydroxylation is 1. The molecule has 0 aliphatic carbocycles. The molecule has 0 fully saturated rings. The molecule has 0 saturated heterocycles. The van der Waals surface area contributed by atoms with Crippen LogP contribution in [-0.2, 0) is 6.54 Å². The predicted octanol–water partition coefficient (Wildman–Crippen LogP) is 4.08. The number of carbonyl (C=O) groups excluding carboxylic acids is 1. The van der Waals surface area contributed by atoms with Crippen LogP contribution in [0.15, 0.2) is 59.1 Å². The summed E-state index contributed by atoms with van der Waals surface area (Å²) in [7, 11) is 0. The van der Waals surface area contributed by atoms with Gasteiger partial charge in [-0.25, -0.2) is 0 Å². The zero-order valence-corrected chi connectivity index (χ0v) is 14.2. The molecule has 0 radical (unpaired) electrons. The van der Waals surface area contributed by atoms with Gasteiger partial charge in [0.15, 0.2) is 0 Å². The molecule has 2 N–H and O–H groups in total.